The van der Waals surface area contributed by atoms with Crippen LogP contribution in [0.2, 0.25) is 0 Å². The zero-order chi connectivity index (χ0) is 33.8. The number of anilines is 1. The molecule has 46 heavy (non-hydrogen) atoms. The third-order valence-corrected chi connectivity index (χ3v) is 8.74. The molecule has 3 aromatic carbocycles. The normalized spacial score (nSPS) is 15.5. The van der Waals surface area contributed by atoms with Gasteiger partial charge in [0.05, 0.1) is 34.5 Å². The number of hydrogen-bond acceptors (Lipinski definition) is 6. The quantitative estimate of drug-likeness (QED) is 0.231. The molecule has 2 aliphatic heterocycles. The lowest BCUT2D eigenvalue weighted by atomic mass is 9.93. The predicted molar refractivity (Wildman–Crippen MR) is 186 cm³/mol. The highest BCUT2D eigenvalue weighted by Crippen LogP contribution is 2.43. The number of piperazine rings is 1. The van der Waals surface area contributed by atoms with E-state index in [1.165, 1.54) is 6.07 Å². The Morgan fingerprint density at radius 3 is 2.07 bits per heavy atom. The number of carbonyl (C=O) groups excluding carboxylic acids is 2. The third kappa shape index (κ3) is 8.19. The zero-order valence-electron chi connectivity index (χ0n) is 25.9. The van der Waals surface area contributed by atoms with Crippen molar-refractivity contribution in [2.24, 2.45) is 0 Å². The van der Waals surface area contributed by atoms with Crippen LogP contribution in [0.3, 0.4) is 0 Å². The fourth-order valence-corrected chi connectivity index (χ4v) is 6.70. The van der Waals surface area contributed by atoms with Gasteiger partial charge in [-0.1, -0.05) is 34.1 Å². The van der Waals surface area contributed by atoms with Gasteiger partial charge >= 0.3 is 6.09 Å². The van der Waals surface area contributed by atoms with E-state index < -0.39 is 5.60 Å². The van der Waals surface area contributed by atoms with Crippen LogP contribution in [-0.2, 0) is 9.47 Å². The van der Waals surface area contributed by atoms with Crippen LogP contribution in [0, 0.1) is 5.82 Å². The van der Waals surface area contributed by atoms with Gasteiger partial charge in [0.2, 0.25) is 5.78 Å². The number of carbonyl (C=O) groups is 2. The van der Waals surface area contributed by atoms with Crippen molar-refractivity contribution in [2.45, 2.75) is 26.4 Å². The van der Waals surface area contributed by atoms with Gasteiger partial charge in [0.25, 0.3) is 0 Å². The summed E-state index contributed by atoms with van der Waals surface area (Å²) in [5, 5.41) is 0. The van der Waals surface area contributed by atoms with Crippen molar-refractivity contribution in [3.63, 3.8) is 0 Å². The molecule has 1 saturated heterocycles. The average molecular weight is 827 g/mol. The summed E-state index contributed by atoms with van der Waals surface area (Å²) in [6, 6.07) is 15.9. The first kappa shape index (κ1) is 35.6. The summed E-state index contributed by atoms with van der Waals surface area (Å²) in [5.74, 6) is 0.552. The minimum absolute atomic E-state index is 0.197. The molecule has 0 aliphatic carbocycles. The highest BCUT2D eigenvalue weighted by molar-refractivity contribution is 9.11. The fraction of sp³-hybridized carbons (Fsp3) is 0.294. The maximum atomic E-state index is 15.4. The molecule has 7 nitrogen and oxygen atoms in total. The number of amides is 1. The van der Waals surface area contributed by atoms with E-state index in [0.29, 0.717) is 76.2 Å². The Labute approximate surface area is 292 Å². The van der Waals surface area contributed by atoms with Gasteiger partial charge in [0, 0.05) is 36.2 Å². The molecule has 0 atom stereocenters. The summed E-state index contributed by atoms with van der Waals surface area (Å²) in [6.07, 6.45) is 1.36. The van der Waals surface area contributed by atoms with Crippen molar-refractivity contribution in [3.8, 4) is 5.75 Å². The van der Waals surface area contributed by atoms with Crippen molar-refractivity contribution in [1.29, 1.82) is 0 Å². The lowest BCUT2D eigenvalue weighted by Gasteiger charge is -2.36. The molecule has 0 N–H and O–H groups in total. The van der Waals surface area contributed by atoms with Crippen LogP contribution in [0.4, 0.5) is 19.3 Å². The highest BCUT2D eigenvalue weighted by atomic mass is 79.9. The topological polar surface area (TPSA) is 68.3 Å². The van der Waals surface area contributed by atoms with Crippen molar-refractivity contribution in [1.82, 2.24) is 4.90 Å². The molecular weight excluding hydrogens is 794 g/mol. The molecule has 1 fully saturated rings. The maximum Gasteiger partial charge on any atom is 0.410 e. The molecule has 0 bridgehead atoms. The minimum atomic E-state index is -0.570. The summed E-state index contributed by atoms with van der Waals surface area (Å²) >= 11 is 10.4. The van der Waals surface area contributed by atoms with E-state index in [0.717, 1.165) is 10.0 Å². The first-order valence-corrected chi connectivity index (χ1v) is 16.6. The Morgan fingerprint density at radius 1 is 0.913 bits per heavy atom. The standard InChI is InChI=1S/C33H30Br3FN2O5.CH3F/c1-33(2,3)44-32(41)39-13-11-38(12-14-39)26-10-5-19(15-25(26)37)16-27-28(20-6-8-22(34)9-7-20)31(43-27)29(40)21-17-23(35)30(42-4)24(36)18-21;1-2/h5-10,15-18H,11-14H2,1-4H3;1H3/b27-16-;. The Bertz CT molecular complexity index is 1660. The van der Waals surface area contributed by atoms with E-state index in [9.17, 15) is 14.0 Å². The second-order valence-electron chi connectivity index (χ2n) is 11.3. The summed E-state index contributed by atoms with van der Waals surface area (Å²) < 4.78 is 43.9. The number of halogens is 5. The third-order valence-electron chi connectivity index (χ3n) is 7.03. The molecule has 5 rings (SSSR count). The molecule has 244 valence electrons. The van der Waals surface area contributed by atoms with Crippen molar-refractivity contribution < 1.29 is 32.6 Å². The molecule has 2 aliphatic rings. The molecule has 1 amide bonds. The molecule has 0 aromatic heterocycles. The number of alkyl halides is 1. The summed E-state index contributed by atoms with van der Waals surface area (Å²) in [5.41, 5.74) is 2.31. The van der Waals surface area contributed by atoms with Gasteiger partial charge in [-0.2, -0.15) is 0 Å². The maximum absolute atomic E-state index is 15.4. The Balaban J connectivity index is 0.00000235. The molecule has 0 spiro atoms. The predicted octanol–water partition coefficient (Wildman–Crippen LogP) is 9.43. The molecule has 12 heteroatoms. The van der Waals surface area contributed by atoms with E-state index in [-0.39, 0.29) is 23.5 Å². The van der Waals surface area contributed by atoms with Gasteiger partial charge in [-0.15, -0.1) is 0 Å². The van der Waals surface area contributed by atoms with Gasteiger partial charge in [-0.05, 0) is 106 Å². The lowest BCUT2D eigenvalue weighted by molar-refractivity contribution is 0.0240. The van der Waals surface area contributed by atoms with Crippen molar-refractivity contribution in [3.05, 3.63) is 102 Å². The molecular formula is C34H33Br3F2N2O5. The van der Waals surface area contributed by atoms with E-state index >= 15 is 4.39 Å². The van der Waals surface area contributed by atoms with Crippen molar-refractivity contribution >= 4 is 77.0 Å². The van der Waals surface area contributed by atoms with Crippen LogP contribution in [0.1, 0.15) is 42.3 Å². The molecule has 3 aromatic rings. The van der Waals surface area contributed by atoms with E-state index in [1.54, 1.807) is 36.3 Å². The largest absolute Gasteiger partial charge is 0.494 e. The monoisotopic (exact) mass is 824 g/mol. The number of rotatable bonds is 6. The van der Waals surface area contributed by atoms with E-state index in [2.05, 4.69) is 47.8 Å². The first-order chi connectivity index (χ1) is 21.8. The molecule has 0 unspecified atom stereocenters. The first-order valence-electron chi connectivity index (χ1n) is 14.2. The van der Waals surface area contributed by atoms with Crippen LogP contribution in [0.5, 0.6) is 5.75 Å². The second kappa shape index (κ2) is 15.1. The Hall–Kier alpha value is -3.22. The zero-order valence-corrected chi connectivity index (χ0v) is 30.7. The van der Waals surface area contributed by atoms with Gasteiger partial charge in [-0.3, -0.25) is 9.18 Å². The number of nitrogens with zero attached hydrogens (tertiary/aromatic N) is 2. The number of allylic oxidation sites excluding steroid dienone is 2. The van der Waals surface area contributed by atoms with Crippen LogP contribution in [0.25, 0.3) is 11.6 Å². The number of Topliss-reactive ketones (excluding diaryl/α,β-unsaturated/α-hetero) is 1. The summed E-state index contributed by atoms with van der Waals surface area (Å²) in [4.78, 5) is 29.6. The Kier molecular flexibility index (Phi) is 11.7. The molecule has 0 radical (unpaired) electrons. The van der Waals surface area contributed by atoms with E-state index in [4.69, 9.17) is 14.2 Å². The molecule has 0 saturated carbocycles. The average Bonchev–Trinajstić information content (AvgIpc) is 3.00. The number of methoxy groups -OCH3 is 1. The van der Waals surface area contributed by atoms with Crippen LogP contribution in [-0.4, -0.2) is 62.8 Å². The second-order valence-corrected chi connectivity index (χ2v) is 13.9. The smallest absolute Gasteiger partial charge is 0.410 e. The van der Waals surface area contributed by atoms with Crippen LogP contribution in [0.15, 0.2) is 79.5 Å². The number of ether oxygens (including phenoxy) is 3. The summed E-state index contributed by atoms with van der Waals surface area (Å²) in [7, 11) is 2.05. The minimum Gasteiger partial charge on any atom is -0.494 e. The van der Waals surface area contributed by atoms with Gasteiger partial charge < -0.3 is 24.0 Å². The van der Waals surface area contributed by atoms with Gasteiger partial charge in [0.1, 0.15) is 22.9 Å². The van der Waals surface area contributed by atoms with Gasteiger partial charge in [-0.25, -0.2) is 9.18 Å². The van der Waals surface area contributed by atoms with Crippen LogP contribution >= 0.6 is 47.8 Å². The van der Waals surface area contributed by atoms with Crippen LogP contribution < -0.4 is 9.64 Å². The van der Waals surface area contributed by atoms with Crippen molar-refractivity contribution in [2.75, 3.05) is 45.4 Å². The lowest BCUT2D eigenvalue weighted by Crippen LogP contribution is -2.50. The highest BCUT2D eigenvalue weighted by Gasteiger charge is 2.34. The SMILES string of the molecule is CF.COc1c(Br)cc(C(=O)C2=C(c3ccc(Br)cc3)/C(=C/c3ccc(N4CCN(C(=O)OC(C)(C)C)CC4)c(F)c3)O2)cc1Br. The van der Waals surface area contributed by atoms with Gasteiger partial charge in [0.15, 0.2) is 5.76 Å². The molecule has 2 heterocycles. The number of benzene rings is 3. The summed E-state index contributed by atoms with van der Waals surface area (Å²) in [6.45, 7) is 7.34. The fourth-order valence-electron chi connectivity index (χ4n) is 4.92. The number of ketones is 1. The number of hydrogen-bond donors (Lipinski definition) is 0. The van der Waals surface area contributed by atoms with E-state index in [1.807, 2.05) is 56.0 Å². The Morgan fingerprint density at radius 2 is 1.52 bits per heavy atom.